The van der Waals surface area contributed by atoms with E-state index in [1.807, 2.05) is 18.2 Å². The van der Waals surface area contributed by atoms with Crippen LogP contribution in [0.4, 0.5) is 5.69 Å². The van der Waals surface area contributed by atoms with Gasteiger partial charge in [0.05, 0.1) is 4.92 Å². The smallest absolute Gasteiger partial charge is 0.273 e. The molecule has 0 atom stereocenters. The molecule has 7 nitrogen and oxygen atoms in total. The Hall–Kier alpha value is -3.35. The number of benzene rings is 2. The van der Waals surface area contributed by atoms with Crippen molar-refractivity contribution < 1.29 is 14.2 Å². The maximum Gasteiger partial charge on any atom is 0.273 e. The number of hydrogen-bond acceptors (Lipinski definition) is 6. The van der Waals surface area contributed by atoms with Gasteiger partial charge in [0, 0.05) is 22.8 Å². The second-order valence-electron chi connectivity index (χ2n) is 4.88. The lowest BCUT2D eigenvalue weighted by Gasteiger charge is -1.99. The van der Waals surface area contributed by atoms with Gasteiger partial charge in [-0.25, -0.2) is 0 Å². The van der Waals surface area contributed by atoms with Crippen molar-refractivity contribution in [3.05, 3.63) is 75.6 Å². The lowest BCUT2D eigenvalue weighted by atomic mass is 10.1. The third kappa shape index (κ3) is 2.84. The summed E-state index contributed by atoms with van der Waals surface area (Å²) in [6.07, 6.45) is 0. The Kier molecular flexibility index (Phi) is 3.68. The van der Waals surface area contributed by atoms with E-state index in [-0.39, 0.29) is 23.0 Å². The molecular weight excluding hydrogens is 298 g/mol. The number of nitrogens with zero attached hydrogens (tertiary/aromatic N) is 3. The molecule has 7 heteroatoms. The topological polar surface area (TPSA) is 99.1 Å². The highest BCUT2D eigenvalue weighted by molar-refractivity contribution is 6.07. The average molecular weight is 309 g/mol. The van der Waals surface area contributed by atoms with Gasteiger partial charge in [0.2, 0.25) is 11.6 Å². The van der Waals surface area contributed by atoms with Gasteiger partial charge in [-0.15, -0.1) is 0 Å². The first-order chi connectivity index (χ1) is 11.1. The first kappa shape index (κ1) is 14.6. The summed E-state index contributed by atoms with van der Waals surface area (Å²) in [4.78, 5) is 26.9. The summed E-state index contributed by atoms with van der Waals surface area (Å²) in [6, 6.07) is 13.3. The lowest BCUT2D eigenvalue weighted by molar-refractivity contribution is -0.385. The maximum absolute atomic E-state index is 12.4. The predicted octanol–water partition coefficient (Wildman–Crippen LogP) is 3.18. The number of aromatic nitrogens is 2. The molecule has 3 aromatic rings. The van der Waals surface area contributed by atoms with Gasteiger partial charge in [0.25, 0.3) is 11.6 Å². The molecule has 0 aliphatic heterocycles. The summed E-state index contributed by atoms with van der Waals surface area (Å²) in [7, 11) is 0. The van der Waals surface area contributed by atoms with Crippen LogP contribution in [0.5, 0.6) is 0 Å². The van der Waals surface area contributed by atoms with Gasteiger partial charge in [-0.05, 0) is 19.1 Å². The van der Waals surface area contributed by atoms with Gasteiger partial charge in [0.1, 0.15) is 0 Å². The molecule has 3 rings (SSSR count). The number of nitro benzene ring substituents is 1. The van der Waals surface area contributed by atoms with Crippen LogP contribution in [-0.2, 0) is 0 Å². The van der Waals surface area contributed by atoms with Crippen LogP contribution in [0.1, 0.15) is 21.7 Å². The highest BCUT2D eigenvalue weighted by Crippen LogP contribution is 2.22. The molecule has 0 aliphatic rings. The molecule has 114 valence electrons. The third-order valence-corrected chi connectivity index (χ3v) is 3.32. The standard InChI is InChI=1S/C16H11N3O4/c1-10-7-8-12(9-13(10)19(21)22)14(20)15-17-16(23-18-15)11-5-3-2-4-6-11/h2-9H,1H3. The van der Waals surface area contributed by atoms with Crippen LogP contribution in [0, 0.1) is 17.0 Å². The third-order valence-electron chi connectivity index (χ3n) is 3.32. The van der Waals surface area contributed by atoms with Crippen LogP contribution in [0.2, 0.25) is 0 Å². The molecule has 1 aromatic heterocycles. The summed E-state index contributed by atoms with van der Waals surface area (Å²) in [5, 5.41) is 14.6. The van der Waals surface area contributed by atoms with E-state index >= 15 is 0 Å². The van der Waals surface area contributed by atoms with Crippen molar-refractivity contribution in [2.75, 3.05) is 0 Å². The normalized spacial score (nSPS) is 10.5. The van der Waals surface area contributed by atoms with E-state index in [9.17, 15) is 14.9 Å². The summed E-state index contributed by atoms with van der Waals surface area (Å²) < 4.78 is 5.08. The zero-order valence-electron chi connectivity index (χ0n) is 12.1. The summed E-state index contributed by atoms with van der Waals surface area (Å²) in [5.74, 6) is -0.448. The minimum atomic E-state index is -0.530. The Balaban J connectivity index is 1.94. The monoisotopic (exact) mass is 309 g/mol. The van der Waals surface area contributed by atoms with E-state index < -0.39 is 10.7 Å². The molecule has 0 saturated carbocycles. The Morgan fingerprint density at radius 1 is 1.17 bits per heavy atom. The van der Waals surface area contributed by atoms with Gasteiger partial charge in [-0.3, -0.25) is 14.9 Å². The van der Waals surface area contributed by atoms with Gasteiger partial charge >= 0.3 is 0 Å². The predicted molar refractivity (Wildman–Crippen MR) is 81.0 cm³/mol. The van der Waals surface area contributed by atoms with Crippen LogP contribution < -0.4 is 0 Å². The molecule has 2 aromatic carbocycles. The molecule has 23 heavy (non-hydrogen) atoms. The van der Waals surface area contributed by atoms with Crippen LogP contribution in [0.3, 0.4) is 0 Å². The van der Waals surface area contributed by atoms with Gasteiger partial charge in [0.15, 0.2) is 0 Å². The van der Waals surface area contributed by atoms with Gasteiger partial charge in [-0.1, -0.05) is 35.5 Å². The van der Waals surface area contributed by atoms with E-state index in [2.05, 4.69) is 10.1 Å². The first-order valence-electron chi connectivity index (χ1n) is 6.75. The van der Waals surface area contributed by atoms with E-state index in [4.69, 9.17) is 4.52 Å². The molecule has 0 N–H and O–H groups in total. The molecule has 0 aliphatic carbocycles. The molecule has 0 fully saturated rings. The second-order valence-corrected chi connectivity index (χ2v) is 4.88. The van der Waals surface area contributed by atoms with Crippen LogP contribution >= 0.6 is 0 Å². The quantitative estimate of drug-likeness (QED) is 0.417. The van der Waals surface area contributed by atoms with Crippen molar-refractivity contribution in [1.29, 1.82) is 0 Å². The van der Waals surface area contributed by atoms with Gasteiger partial charge < -0.3 is 4.52 Å². The summed E-state index contributed by atoms with van der Waals surface area (Å²) in [5.41, 5.74) is 1.18. The van der Waals surface area contributed by atoms with Crippen molar-refractivity contribution in [3.8, 4) is 11.5 Å². The zero-order chi connectivity index (χ0) is 16.4. The summed E-state index contributed by atoms with van der Waals surface area (Å²) >= 11 is 0. The molecule has 0 amide bonds. The second kappa shape index (κ2) is 5.80. The number of ketones is 1. The number of rotatable bonds is 4. The SMILES string of the molecule is Cc1ccc(C(=O)c2noc(-c3ccccc3)n2)cc1[N+](=O)[O-]. The molecule has 0 unspecified atom stereocenters. The van der Waals surface area contributed by atoms with Crippen LogP contribution in [0.15, 0.2) is 53.1 Å². The fraction of sp³-hybridized carbons (Fsp3) is 0.0625. The Morgan fingerprint density at radius 2 is 1.91 bits per heavy atom. The lowest BCUT2D eigenvalue weighted by Crippen LogP contribution is -2.05. The molecular formula is C16H11N3O4. The molecule has 0 spiro atoms. The zero-order valence-corrected chi connectivity index (χ0v) is 12.1. The highest BCUT2D eigenvalue weighted by Gasteiger charge is 2.20. The van der Waals surface area contributed by atoms with Crippen molar-refractivity contribution in [1.82, 2.24) is 10.1 Å². The van der Waals surface area contributed by atoms with Crippen molar-refractivity contribution >= 4 is 11.5 Å². The average Bonchev–Trinajstić information content (AvgIpc) is 3.05. The fourth-order valence-corrected chi connectivity index (χ4v) is 2.09. The van der Waals surface area contributed by atoms with E-state index in [1.54, 1.807) is 19.1 Å². The van der Waals surface area contributed by atoms with Crippen LogP contribution in [-0.4, -0.2) is 20.8 Å². The number of carbonyl (C=O) groups is 1. The number of aryl methyl sites for hydroxylation is 1. The van der Waals surface area contributed by atoms with E-state index in [0.29, 0.717) is 11.1 Å². The number of hydrogen-bond donors (Lipinski definition) is 0. The minimum Gasteiger partial charge on any atom is -0.333 e. The van der Waals surface area contributed by atoms with Crippen molar-refractivity contribution in [3.63, 3.8) is 0 Å². The van der Waals surface area contributed by atoms with Crippen molar-refractivity contribution in [2.24, 2.45) is 0 Å². The van der Waals surface area contributed by atoms with Crippen LogP contribution in [0.25, 0.3) is 11.5 Å². The Bertz CT molecular complexity index is 887. The minimum absolute atomic E-state index is 0.123. The molecule has 0 radical (unpaired) electrons. The van der Waals surface area contributed by atoms with E-state index in [1.165, 1.54) is 18.2 Å². The Morgan fingerprint density at radius 3 is 2.61 bits per heavy atom. The first-order valence-corrected chi connectivity index (χ1v) is 6.75. The molecule has 1 heterocycles. The highest BCUT2D eigenvalue weighted by atomic mass is 16.6. The van der Waals surface area contributed by atoms with Crippen molar-refractivity contribution in [2.45, 2.75) is 6.92 Å². The molecule has 0 bridgehead atoms. The molecule has 0 saturated heterocycles. The largest absolute Gasteiger partial charge is 0.333 e. The number of carbonyl (C=O) groups excluding carboxylic acids is 1. The van der Waals surface area contributed by atoms with Gasteiger partial charge in [-0.2, -0.15) is 4.98 Å². The fourth-order valence-electron chi connectivity index (χ4n) is 2.09. The maximum atomic E-state index is 12.4. The summed E-state index contributed by atoms with van der Waals surface area (Å²) in [6.45, 7) is 1.61. The number of nitro groups is 1. The van der Waals surface area contributed by atoms with E-state index in [0.717, 1.165) is 0 Å². The Labute approximate surface area is 130 Å².